The first kappa shape index (κ1) is 13.2. The van der Waals surface area contributed by atoms with Crippen LogP contribution in [0, 0.1) is 5.92 Å². The summed E-state index contributed by atoms with van der Waals surface area (Å²) in [6.45, 7) is 0. The van der Waals surface area contributed by atoms with Crippen LogP contribution >= 0.6 is 0 Å². The number of rotatable bonds is 6. The first-order valence-corrected chi connectivity index (χ1v) is 5.26. The lowest BCUT2D eigenvalue weighted by molar-refractivity contribution is -0.143. The van der Waals surface area contributed by atoms with Gasteiger partial charge in [0.1, 0.15) is 6.04 Å². The maximum atomic E-state index is 11.0. The summed E-state index contributed by atoms with van der Waals surface area (Å²) in [6.07, 6.45) is 0.219. The smallest absolute Gasteiger partial charge is 0.320 e. The zero-order valence-corrected chi connectivity index (χ0v) is 9.24. The highest BCUT2D eigenvalue weighted by Gasteiger charge is 2.24. The molecule has 5 heteroatoms. The van der Waals surface area contributed by atoms with Gasteiger partial charge in [0.15, 0.2) is 0 Å². The van der Waals surface area contributed by atoms with Crippen LogP contribution in [0.15, 0.2) is 30.3 Å². The van der Waals surface area contributed by atoms with Gasteiger partial charge in [-0.3, -0.25) is 9.59 Å². The Morgan fingerprint density at radius 1 is 1.12 bits per heavy atom. The third-order valence-electron chi connectivity index (χ3n) is 2.53. The molecule has 0 spiro atoms. The Hall–Kier alpha value is -1.88. The van der Waals surface area contributed by atoms with Crippen LogP contribution in [0.2, 0.25) is 0 Å². The number of hydrogen-bond acceptors (Lipinski definition) is 3. The molecule has 0 saturated carbocycles. The van der Waals surface area contributed by atoms with E-state index >= 15 is 0 Å². The second kappa shape index (κ2) is 6.00. The summed E-state index contributed by atoms with van der Waals surface area (Å²) in [6, 6.07) is 7.93. The number of hydrogen-bond donors (Lipinski definition) is 3. The molecule has 1 aromatic carbocycles. The third kappa shape index (κ3) is 4.24. The fraction of sp³-hybridized carbons (Fsp3) is 0.333. The van der Waals surface area contributed by atoms with Crippen LogP contribution in [0.1, 0.15) is 12.0 Å². The molecule has 0 fully saturated rings. The van der Waals surface area contributed by atoms with Crippen LogP contribution in [-0.2, 0) is 16.0 Å². The zero-order valence-electron chi connectivity index (χ0n) is 9.24. The van der Waals surface area contributed by atoms with E-state index in [1.54, 1.807) is 0 Å². The summed E-state index contributed by atoms with van der Waals surface area (Å²) in [4.78, 5) is 21.6. The van der Waals surface area contributed by atoms with Gasteiger partial charge in [-0.05, 0) is 18.4 Å². The van der Waals surface area contributed by atoms with Gasteiger partial charge in [0.25, 0.3) is 0 Å². The topological polar surface area (TPSA) is 101 Å². The van der Waals surface area contributed by atoms with Crippen molar-refractivity contribution in [2.24, 2.45) is 11.7 Å². The monoisotopic (exact) mass is 237 g/mol. The van der Waals surface area contributed by atoms with Gasteiger partial charge in [-0.2, -0.15) is 0 Å². The minimum atomic E-state index is -1.18. The normalized spacial score (nSPS) is 13.9. The molecule has 92 valence electrons. The Morgan fingerprint density at radius 2 is 1.71 bits per heavy atom. The largest absolute Gasteiger partial charge is 0.481 e. The average Bonchev–Trinajstić information content (AvgIpc) is 2.29. The Morgan fingerprint density at radius 3 is 2.18 bits per heavy atom. The molecule has 17 heavy (non-hydrogen) atoms. The minimum Gasteiger partial charge on any atom is -0.481 e. The maximum Gasteiger partial charge on any atom is 0.320 e. The molecule has 0 bridgehead atoms. The molecule has 1 aromatic rings. The molecule has 1 rings (SSSR count). The lowest BCUT2D eigenvalue weighted by Gasteiger charge is -2.14. The van der Waals surface area contributed by atoms with E-state index in [0.717, 1.165) is 5.56 Å². The highest BCUT2D eigenvalue weighted by molar-refractivity contribution is 5.76. The van der Waals surface area contributed by atoms with E-state index in [1.807, 2.05) is 30.3 Å². The van der Waals surface area contributed by atoms with Crippen molar-refractivity contribution in [3.63, 3.8) is 0 Å². The Labute approximate surface area is 98.9 Å². The van der Waals surface area contributed by atoms with Crippen molar-refractivity contribution < 1.29 is 19.8 Å². The van der Waals surface area contributed by atoms with Crippen molar-refractivity contribution in [3.05, 3.63) is 35.9 Å². The summed E-state index contributed by atoms with van der Waals surface area (Å²) in [5, 5.41) is 17.7. The third-order valence-corrected chi connectivity index (χ3v) is 2.53. The molecular weight excluding hydrogens is 222 g/mol. The van der Waals surface area contributed by atoms with Crippen LogP contribution in [0.5, 0.6) is 0 Å². The van der Waals surface area contributed by atoms with Crippen molar-refractivity contribution >= 4 is 11.9 Å². The molecule has 5 nitrogen and oxygen atoms in total. The van der Waals surface area contributed by atoms with Gasteiger partial charge in [0.05, 0.1) is 5.92 Å². The number of carbonyl (C=O) groups is 2. The molecule has 0 unspecified atom stereocenters. The van der Waals surface area contributed by atoms with Gasteiger partial charge in [0.2, 0.25) is 0 Å². The van der Waals surface area contributed by atoms with Crippen molar-refractivity contribution in [1.29, 1.82) is 0 Å². The Bertz CT molecular complexity index is 391. The number of aliphatic carboxylic acids is 2. The number of carboxylic acids is 2. The van der Waals surface area contributed by atoms with E-state index in [4.69, 9.17) is 15.9 Å². The second-order valence-corrected chi connectivity index (χ2v) is 3.91. The SMILES string of the molecule is N[C@H](C[C@@H](Cc1ccccc1)C(=O)O)C(=O)O. The zero-order chi connectivity index (χ0) is 12.8. The lowest BCUT2D eigenvalue weighted by Crippen LogP contribution is -2.35. The summed E-state index contributed by atoms with van der Waals surface area (Å²) in [5.74, 6) is -2.97. The standard InChI is InChI=1S/C12H15NO4/c13-10(12(16)17)7-9(11(14)15)6-8-4-2-1-3-5-8/h1-5,9-10H,6-7,13H2,(H,14,15)(H,16,17)/t9-,10-/m1/s1. The fourth-order valence-electron chi connectivity index (χ4n) is 1.58. The van der Waals surface area contributed by atoms with Crippen molar-refractivity contribution in [2.45, 2.75) is 18.9 Å². The average molecular weight is 237 g/mol. The Balaban J connectivity index is 2.67. The molecule has 0 radical (unpaired) electrons. The van der Waals surface area contributed by atoms with Gasteiger partial charge in [-0.15, -0.1) is 0 Å². The van der Waals surface area contributed by atoms with E-state index in [2.05, 4.69) is 0 Å². The summed E-state index contributed by atoms with van der Waals surface area (Å²) in [7, 11) is 0. The number of carboxylic acid groups (broad SMARTS) is 2. The fourth-order valence-corrected chi connectivity index (χ4v) is 1.58. The van der Waals surface area contributed by atoms with Gasteiger partial charge in [-0.1, -0.05) is 30.3 Å². The van der Waals surface area contributed by atoms with Crippen LogP contribution < -0.4 is 5.73 Å². The number of nitrogens with two attached hydrogens (primary N) is 1. The van der Waals surface area contributed by atoms with E-state index < -0.39 is 23.9 Å². The van der Waals surface area contributed by atoms with Gasteiger partial charge < -0.3 is 15.9 Å². The molecule has 0 aliphatic carbocycles. The lowest BCUT2D eigenvalue weighted by atomic mass is 9.93. The molecule has 2 atom stereocenters. The predicted octanol–water partition coefficient (Wildman–Crippen LogP) is 0.732. The quantitative estimate of drug-likeness (QED) is 0.677. The molecule has 0 saturated heterocycles. The highest BCUT2D eigenvalue weighted by atomic mass is 16.4. The van der Waals surface area contributed by atoms with Gasteiger partial charge in [-0.25, -0.2) is 0 Å². The van der Waals surface area contributed by atoms with E-state index in [9.17, 15) is 9.59 Å². The van der Waals surface area contributed by atoms with Gasteiger partial charge >= 0.3 is 11.9 Å². The van der Waals surface area contributed by atoms with Crippen LogP contribution in [0.4, 0.5) is 0 Å². The van der Waals surface area contributed by atoms with E-state index in [0.29, 0.717) is 0 Å². The van der Waals surface area contributed by atoms with E-state index in [1.165, 1.54) is 0 Å². The minimum absolute atomic E-state index is 0.0699. The summed E-state index contributed by atoms with van der Waals surface area (Å²) < 4.78 is 0. The van der Waals surface area contributed by atoms with Crippen molar-refractivity contribution in [3.8, 4) is 0 Å². The van der Waals surface area contributed by atoms with Crippen LogP contribution in [0.25, 0.3) is 0 Å². The van der Waals surface area contributed by atoms with Crippen molar-refractivity contribution in [2.75, 3.05) is 0 Å². The van der Waals surface area contributed by atoms with Crippen LogP contribution in [0.3, 0.4) is 0 Å². The molecule has 0 amide bonds. The second-order valence-electron chi connectivity index (χ2n) is 3.91. The number of benzene rings is 1. The highest BCUT2D eigenvalue weighted by Crippen LogP contribution is 2.14. The molecule has 0 aliphatic rings. The van der Waals surface area contributed by atoms with E-state index in [-0.39, 0.29) is 12.8 Å². The summed E-state index contributed by atoms with van der Waals surface area (Å²) >= 11 is 0. The molecule has 0 heterocycles. The maximum absolute atomic E-state index is 11.0. The van der Waals surface area contributed by atoms with Gasteiger partial charge in [0, 0.05) is 0 Å². The first-order valence-electron chi connectivity index (χ1n) is 5.26. The molecular formula is C12H15NO4. The first-order chi connectivity index (χ1) is 8.00. The molecule has 0 aromatic heterocycles. The van der Waals surface area contributed by atoms with Crippen LogP contribution in [-0.4, -0.2) is 28.2 Å². The molecule has 4 N–H and O–H groups in total. The molecule has 0 aliphatic heterocycles. The predicted molar refractivity (Wildman–Crippen MR) is 61.5 cm³/mol. The Kier molecular flexibility index (Phi) is 4.66. The van der Waals surface area contributed by atoms with Crippen molar-refractivity contribution in [1.82, 2.24) is 0 Å². The summed E-state index contributed by atoms with van der Waals surface area (Å²) in [5.41, 5.74) is 6.20.